The number of fused-ring (bicyclic) bond motifs is 1. The first kappa shape index (κ1) is 16.2. The smallest absolute Gasteiger partial charge is 0.225 e. The second-order valence-corrected chi connectivity index (χ2v) is 5.87. The third-order valence-electron chi connectivity index (χ3n) is 4.35. The summed E-state index contributed by atoms with van der Waals surface area (Å²) in [5.41, 5.74) is 3.71. The Morgan fingerprint density at radius 1 is 1.17 bits per heavy atom. The average Bonchev–Trinajstić information content (AvgIpc) is 2.59. The number of aromatic nitrogens is 2. The molecule has 3 rings (SSSR count). The molecule has 2 heterocycles. The van der Waals surface area contributed by atoms with E-state index in [1.54, 1.807) is 20.4 Å². The van der Waals surface area contributed by atoms with E-state index in [0.29, 0.717) is 23.8 Å². The van der Waals surface area contributed by atoms with Crippen LogP contribution in [-0.2, 0) is 13.0 Å². The maximum atomic E-state index is 11.5. The quantitative estimate of drug-likeness (QED) is 0.804. The van der Waals surface area contributed by atoms with Gasteiger partial charge >= 0.3 is 0 Å². The first-order valence-electron chi connectivity index (χ1n) is 7.86. The Kier molecular flexibility index (Phi) is 4.38. The third-order valence-corrected chi connectivity index (χ3v) is 4.35. The van der Waals surface area contributed by atoms with Crippen molar-refractivity contribution >= 4 is 11.7 Å². The Labute approximate surface area is 141 Å². The lowest BCUT2D eigenvalue weighted by Crippen LogP contribution is -2.32. The second kappa shape index (κ2) is 6.47. The lowest BCUT2D eigenvalue weighted by Gasteiger charge is -2.29. The van der Waals surface area contributed by atoms with Crippen molar-refractivity contribution in [3.05, 3.63) is 40.7 Å². The fraction of sp³-hybridized carbons (Fsp3) is 0.389. The van der Waals surface area contributed by atoms with Crippen LogP contribution in [0.15, 0.2) is 18.3 Å². The van der Waals surface area contributed by atoms with Crippen molar-refractivity contribution in [3.8, 4) is 11.5 Å². The van der Waals surface area contributed by atoms with Gasteiger partial charge in [-0.25, -0.2) is 9.97 Å². The average molecular weight is 327 g/mol. The third kappa shape index (κ3) is 2.91. The molecule has 0 N–H and O–H groups in total. The van der Waals surface area contributed by atoms with Crippen LogP contribution in [0, 0.1) is 6.92 Å². The zero-order valence-electron chi connectivity index (χ0n) is 14.4. The first-order chi connectivity index (χ1) is 11.5. The zero-order valence-corrected chi connectivity index (χ0v) is 14.4. The topological polar surface area (TPSA) is 64.6 Å². The number of ether oxygens (including phenoxy) is 2. The van der Waals surface area contributed by atoms with Crippen molar-refractivity contribution < 1.29 is 14.3 Å². The Bertz CT molecular complexity index is 789. The molecule has 6 heteroatoms. The minimum atomic E-state index is -0.0140. The molecule has 0 amide bonds. The van der Waals surface area contributed by atoms with Gasteiger partial charge in [-0.1, -0.05) is 0 Å². The number of methoxy groups -OCH3 is 2. The summed E-state index contributed by atoms with van der Waals surface area (Å²) >= 11 is 0. The maximum Gasteiger partial charge on any atom is 0.225 e. The summed E-state index contributed by atoms with van der Waals surface area (Å²) in [5, 5.41) is 0. The number of nitrogens with zero attached hydrogens (tertiary/aromatic N) is 3. The van der Waals surface area contributed by atoms with Gasteiger partial charge in [0.25, 0.3) is 0 Å². The van der Waals surface area contributed by atoms with E-state index in [9.17, 15) is 4.79 Å². The minimum Gasteiger partial charge on any atom is -0.493 e. The van der Waals surface area contributed by atoms with Gasteiger partial charge in [0.15, 0.2) is 17.3 Å². The van der Waals surface area contributed by atoms with Crippen molar-refractivity contribution in [2.45, 2.75) is 26.8 Å². The molecular weight excluding hydrogens is 306 g/mol. The highest BCUT2D eigenvalue weighted by atomic mass is 16.5. The normalized spacial score (nSPS) is 13.4. The van der Waals surface area contributed by atoms with Gasteiger partial charge < -0.3 is 14.4 Å². The van der Waals surface area contributed by atoms with Gasteiger partial charge in [-0.05, 0) is 43.5 Å². The van der Waals surface area contributed by atoms with E-state index in [4.69, 9.17) is 9.47 Å². The lowest BCUT2D eigenvalue weighted by atomic mass is 9.99. The summed E-state index contributed by atoms with van der Waals surface area (Å²) in [6.45, 7) is 4.89. The minimum absolute atomic E-state index is 0.0140. The summed E-state index contributed by atoms with van der Waals surface area (Å²) in [6, 6.07) is 4.05. The maximum absolute atomic E-state index is 11.5. The van der Waals surface area contributed by atoms with E-state index >= 15 is 0 Å². The van der Waals surface area contributed by atoms with Crippen LogP contribution < -0.4 is 14.4 Å². The van der Waals surface area contributed by atoms with Crippen LogP contribution >= 0.6 is 0 Å². The summed E-state index contributed by atoms with van der Waals surface area (Å²) in [5.74, 6) is 2.11. The van der Waals surface area contributed by atoms with E-state index in [2.05, 4.69) is 14.9 Å². The number of Topliss-reactive ketones (excluding diaryl/α,β-unsaturated/α-hetero) is 1. The molecule has 1 aliphatic heterocycles. The van der Waals surface area contributed by atoms with Gasteiger partial charge in [0.1, 0.15) is 0 Å². The van der Waals surface area contributed by atoms with E-state index in [1.807, 2.05) is 19.1 Å². The number of hydrogen-bond donors (Lipinski definition) is 0. The first-order valence-corrected chi connectivity index (χ1v) is 7.86. The molecule has 1 aromatic carbocycles. The number of ketones is 1. The number of rotatable bonds is 4. The molecular formula is C18H21N3O3. The molecule has 0 spiro atoms. The number of aryl methyl sites for hydroxylation is 1. The van der Waals surface area contributed by atoms with Crippen molar-refractivity contribution in [1.82, 2.24) is 9.97 Å². The van der Waals surface area contributed by atoms with Crippen LogP contribution in [0.25, 0.3) is 0 Å². The standard InChI is InChI=1S/C18H21N3O3/c1-11-15(12(2)22)9-19-18(20-11)21-6-5-13-7-16(23-3)17(24-4)8-14(13)10-21/h7-9H,5-6,10H2,1-4H3. The molecule has 24 heavy (non-hydrogen) atoms. The number of anilines is 1. The van der Waals surface area contributed by atoms with Crippen LogP contribution in [-0.4, -0.2) is 36.5 Å². The fourth-order valence-electron chi connectivity index (χ4n) is 3.01. The van der Waals surface area contributed by atoms with Crippen molar-refractivity contribution in [1.29, 1.82) is 0 Å². The van der Waals surface area contributed by atoms with Crippen LogP contribution in [0.1, 0.15) is 34.1 Å². The van der Waals surface area contributed by atoms with Crippen molar-refractivity contribution in [3.63, 3.8) is 0 Å². The Morgan fingerprint density at radius 2 is 1.83 bits per heavy atom. The Morgan fingerprint density at radius 3 is 2.42 bits per heavy atom. The Balaban J connectivity index is 1.89. The van der Waals surface area contributed by atoms with E-state index < -0.39 is 0 Å². The van der Waals surface area contributed by atoms with E-state index in [-0.39, 0.29) is 5.78 Å². The van der Waals surface area contributed by atoms with Gasteiger partial charge in [0.05, 0.1) is 25.5 Å². The molecule has 0 saturated carbocycles. The summed E-state index contributed by atoms with van der Waals surface area (Å²) < 4.78 is 10.8. The van der Waals surface area contributed by atoms with Crippen molar-refractivity contribution in [2.24, 2.45) is 0 Å². The molecule has 0 radical (unpaired) electrons. The molecule has 0 saturated heterocycles. The predicted molar refractivity (Wildman–Crippen MR) is 91.1 cm³/mol. The predicted octanol–water partition coefficient (Wildman–Crippen LogP) is 2.57. The Hall–Kier alpha value is -2.63. The van der Waals surface area contributed by atoms with Crippen LogP contribution in [0.2, 0.25) is 0 Å². The van der Waals surface area contributed by atoms with Crippen LogP contribution in [0.5, 0.6) is 11.5 Å². The van der Waals surface area contributed by atoms with Gasteiger partial charge in [-0.2, -0.15) is 0 Å². The monoisotopic (exact) mass is 327 g/mol. The lowest BCUT2D eigenvalue weighted by molar-refractivity contribution is 0.101. The number of benzene rings is 1. The number of carbonyl (C=O) groups excluding carboxylic acids is 1. The molecule has 0 fully saturated rings. The molecule has 0 bridgehead atoms. The second-order valence-electron chi connectivity index (χ2n) is 5.87. The molecule has 1 aromatic heterocycles. The number of carbonyl (C=O) groups is 1. The van der Waals surface area contributed by atoms with E-state index in [1.165, 1.54) is 18.1 Å². The summed E-state index contributed by atoms with van der Waals surface area (Å²) in [6.07, 6.45) is 2.50. The zero-order chi connectivity index (χ0) is 17.3. The van der Waals surface area contributed by atoms with Crippen LogP contribution in [0.3, 0.4) is 0 Å². The highest BCUT2D eigenvalue weighted by Gasteiger charge is 2.22. The van der Waals surface area contributed by atoms with Gasteiger partial charge in [0, 0.05) is 19.3 Å². The molecule has 1 aliphatic rings. The van der Waals surface area contributed by atoms with Gasteiger partial charge in [-0.15, -0.1) is 0 Å². The molecule has 0 atom stereocenters. The summed E-state index contributed by atoms with van der Waals surface area (Å²) in [7, 11) is 3.28. The highest BCUT2D eigenvalue weighted by molar-refractivity contribution is 5.94. The summed E-state index contributed by atoms with van der Waals surface area (Å²) in [4.78, 5) is 22.5. The molecule has 0 aliphatic carbocycles. The van der Waals surface area contributed by atoms with Crippen molar-refractivity contribution in [2.75, 3.05) is 25.7 Å². The largest absolute Gasteiger partial charge is 0.493 e. The molecule has 0 unspecified atom stereocenters. The van der Waals surface area contributed by atoms with Gasteiger partial charge in [0.2, 0.25) is 5.95 Å². The van der Waals surface area contributed by atoms with Gasteiger partial charge in [-0.3, -0.25) is 4.79 Å². The molecule has 2 aromatic rings. The fourth-order valence-corrected chi connectivity index (χ4v) is 3.01. The highest BCUT2D eigenvalue weighted by Crippen LogP contribution is 2.33. The molecule has 126 valence electrons. The molecule has 6 nitrogen and oxygen atoms in total. The SMILES string of the molecule is COc1cc2c(cc1OC)CN(c1ncc(C(C)=O)c(C)n1)CC2. The van der Waals surface area contributed by atoms with E-state index in [0.717, 1.165) is 24.5 Å². The van der Waals surface area contributed by atoms with Crippen LogP contribution in [0.4, 0.5) is 5.95 Å². The number of hydrogen-bond acceptors (Lipinski definition) is 6.